The molecule has 0 spiro atoms. The Kier molecular flexibility index (Phi) is 3.91. The Bertz CT molecular complexity index is 868. The van der Waals surface area contributed by atoms with Crippen molar-refractivity contribution < 1.29 is 17.6 Å². The molecule has 0 aliphatic heterocycles. The lowest BCUT2D eigenvalue weighted by Crippen LogP contribution is -2.04. The Labute approximate surface area is 134 Å². The van der Waals surface area contributed by atoms with E-state index in [1.807, 2.05) is 0 Å². The van der Waals surface area contributed by atoms with Gasteiger partial charge in [0.1, 0.15) is 0 Å². The van der Waals surface area contributed by atoms with Gasteiger partial charge in [0.25, 0.3) is 4.84 Å². The lowest BCUT2D eigenvalue weighted by atomic mass is 10.1. The Hall–Kier alpha value is -2.61. The molecule has 3 aromatic rings. The first-order chi connectivity index (χ1) is 10.9. The van der Waals surface area contributed by atoms with E-state index in [0.29, 0.717) is 22.8 Å². The van der Waals surface area contributed by atoms with Gasteiger partial charge in [-0.1, -0.05) is 12.1 Å². The minimum atomic E-state index is -4.36. The molecule has 8 heteroatoms. The third-order valence-electron chi connectivity index (χ3n) is 3.09. The molecule has 1 aromatic heterocycles. The van der Waals surface area contributed by atoms with Crippen LogP contribution in [0.5, 0.6) is 0 Å². The number of nitrogens with zero attached hydrogens (tertiary/aromatic N) is 1. The third kappa shape index (κ3) is 3.42. The van der Waals surface area contributed by atoms with Gasteiger partial charge in [0.2, 0.25) is 5.89 Å². The Morgan fingerprint density at radius 3 is 2.35 bits per heavy atom. The standard InChI is InChI=1S/C15H10F3N3OS/c16-15(17,18)9-5-7-10(8-6-9)19-12-4-2-1-3-11(12)13-20-21-14(23)22-13/h1-8,19H,(H,21,23). The van der Waals surface area contributed by atoms with Crippen molar-refractivity contribution >= 4 is 23.6 Å². The van der Waals surface area contributed by atoms with E-state index in [2.05, 4.69) is 15.5 Å². The van der Waals surface area contributed by atoms with E-state index < -0.39 is 11.7 Å². The predicted octanol–water partition coefficient (Wildman–Crippen LogP) is 5.16. The van der Waals surface area contributed by atoms with Crippen molar-refractivity contribution in [1.82, 2.24) is 10.2 Å². The molecule has 1 heterocycles. The average Bonchev–Trinajstić information content (AvgIpc) is 2.94. The van der Waals surface area contributed by atoms with Crippen LogP contribution in [-0.2, 0) is 6.18 Å². The zero-order chi connectivity index (χ0) is 16.4. The number of alkyl halides is 3. The van der Waals surface area contributed by atoms with E-state index >= 15 is 0 Å². The fourth-order valence-electron chi connectivity index (χ4n) is 2.02. The third-order valence-corrected chi connectivity index (χ3v) is 3.26. The van der Waals surface area contributed by atoms with Crippen LogP contribution in [-0.4, -0.2) is 10.2 Å². The molecule has 118 valence electrons. The number of halogens is 3. The second-order valence-corrected chi connectivity index (χ2v) is 5.03. The number of aromatic nitrogens is 2. The SMILES string of the molecule is FC(F)(F)c1ccc(Nc2ccccc2-c2n[nH]c(=S)o2)cc1. The van der Waals surface area contributed by atoms with Gasteiger partial charge < -0.3 is 9.73 Å². The summed E-state index contributed by atoms with van der Waals surface area (Å²) in [5, 5.41) is 9.52. The summed E-state index contributed by atoms with van der Waals surface area (Å²) < 4.78 is 43.0. The van der Waals surface area contributed by atoms with E-state index in [4.69, 9.17) is 16.6 Å². The van der Waals surface area contributed by atoms with E-state index in [9.17, 15) is 13.2 Å². The minimum absolute atomic E-state index is 0.143. The lowest BCUT2D eigenvalue weighted by Gasteiger charge is -2.11. The van der Waals surface area contributed by atoms with Gasteiger partial charge in [-0.25, -0.2) is 5.10 Å². The van der Waals surface area contributed by atoms with Crippen molar-refractivity contribution in [1.29, 1.82) is 0 Å². The quantitative estimate of drug-likeness (QED) is 0.648. The van der Waals surface area contributed by atoms with Gasteiger partial charge >= 0.3 is 6.18 Å². The highest BCUT2D eigenvalue weighted by molar-refractivity contribution is 7.71. The van der Waals surface area contributed by atoms with Crippen LogP contribution >= 0.6 is 12.2 Å². The van der Waals surface area contributed by atoms with Gasteiger partial charge in [-0.15, -0.1) is 5.10 Å². The van der Waals surface area contributed by atoms with Gasteiger partial charge in [-0.05, 0) is 48.6 Å². The van der Waals surface area contributed by atoms with E-state index in [0.717, 1.165) is 12.1 Å². The van der Waals surface area contributed by atoms with Crippen LogP contribution in [0.2, 0.25) is 0 Å². The highest BCUT2D eigenvalue weighted by atomic mass is 32.1. The van der Waals surface area contributed by atoms with Crippen molar-refractivity contribution in [2.45, 2.75) is 6.18 Å². The number of rotatable bonds is 3. The Balaban J connectivity index is 1.90. The normalized spacial score (nSPS) is 11.4. The molecule has 0 fully saturated rings. The van der Waals surface area contributed by atoms with Crippen LogP contribution in [0, 0.1) is 4.84 Å². The second kappa shape index (κ2) is 5.88. The Morgan fingerprint density at radius 2 is 1.74 bits per heavy atom. The fourth-order valence-corrected chi connectivity index (χ4v) is 2.15. The first-order valence-electron chi connectivity index (χ1n) is 6.53. The summed E-state index contributed by atoms with van der Waals surface area (Å²) in [7, 11) is 0. The van der Waals surface area contributed by atoms with Crippen LogP contribution in [0.3, 0.4) is 0 Å². The molecule has 4 nitrogen and oxygen atoms in total. The highest BCUT2D eigenvalue weighted by Crippen LogP contribution is 2.32. The summed E-state index contributed by atoms with van der Waals surface area (Å²) in [6, 6.07) is 11.9. The molecule has 0 radical (unpaired) electrons. The number of benzene rings is 2. The lowest BCUT2D eigenvalue weighted by molar-refractivity contribution is -0.137. The molecular weight excluding hydrogens is 327 g/mol. The van der Waals surface area contributed by atoms with Gasteiger partial charge in [-0.2, -0.15) is 13.2 Å². The van der Waals surface area contributed by atoms with Gasteiger partial charge in [0.15, 0.2) is 0 Å². The Morgan fingerprint density at radius 1 is 1.04 bits per heavy atom. The summed E-state index contributed by atoms with van der Waals surface area (Å²) in [6.45, 7) is 0. The van der Waals surface area contributed by atoms with Crippen molar-refractivity contribution in [3.63, 3.8) is 0 Å². The maximum Gasteiger partial charge on any atom is 0.416 e. The highest BCUT2D eigenvalue weighted by Gasteiger charge is 2.29. The van der Waals surface area contributed by atoms with Crippen molar-refractivity contribution in [2.24, 2.45) is 0 Å². The summed E-state index contributed by atoms with van der Waals surface area (Å²) in [5.41, 5.74) is 1.09. The van der Waals surface area contributed by atoms with Crippen LogP contribution in [0.1, 0.15) is 5.56 Å². The molecule has 0 saturated heterocycles. The summed E-state index contributed by atoms with van der Waals surface area (Å²) >= 11 is 4.84. The van der Waals surface area contributed by atoms with Crippen molar-refractivity contribution in [2.75, 3.05) is 5.32 Å². The minimum Gasteiger partial charge on any atom is -0.409 e. The molecule has 0 amide bonds. The molecule has 0 aliphatic rings. The number of hydrogen-bond acceptors (Lipinski definition) is 4. The first-order valence-corrected chi connectivity index (χ1v) is 6.93. The summed E-state index contributed by atoms with van der Waals surface area (Å²) in [6.07, 6.45) is -4.36. The molecule has 3 rings (SSSR count). The predicted molar refractivity (Wildman–Crippen MR) is 81.9 cm³/mol. The summed E-state index contributed by atoms with van der Waals surface area (Å²) in [5.74, 6) is 0.296. The van der Waals surface area contributed by atoms with Gasteiger partial charge in [-0.3, -0.25) is 0 Å². The molecule has 23 heavy (non-hydrogen) atoms. The van der Waals surface area contributed by atoms with E-state index in [1.165, 1.54) is 12.1 Å². The second-order valence-electron chi connectivity index (χ2n) is 4.66. The van der Waals surface area contributed by atoms with Gasteiger partial charge in [0, 0.05) is 5.69 Å². The number of anilines is 2. The monoisotopic (exact) mass is 337 g/mol. The van der Waals surface area contributed by atoms with Crippen LogP contribution in [0.25, 0.3) is 11.5 Å². The maximum atomic E-state index is 12.6. The number of aromatic amines is 1. The first kappa shape index (κ1) is 15.3. The topological polar surface area (TPSA) is 53.9 Å². The maximum absolute atomic E-state index is 12.6. The molecule has 0 unspecified atom stereocenters. The fraction of sp³-hybridized carbons (Fsp3) is 0.0667. The van der Waals surface area contributed by atoms with Crippen LogP contribution in [0.15, 0.2) is 52.9 Å². The molecule has 0 saturated carbocycles. The average molecular weight is 337 g/mol. The van der Waals surface area contributed by atoms with Crippen molar-refractivity contribution in [3.8, 4) is 11.5 Å². The number of hydrogen-bond donors (Lipinski definition) is 2. The summed E-state index contributed by atoms with van der Waals surface area (Å²) in [4.78, 5) is 0.143. The van der Waals surface area contributed by atoms with E-state index in [1.54, 1.807) is 24.3 Å². The largest absolute Gasteiger partial charge is 0.416 e. The number of H-pyrrole nitrogens is 1. The molecule has 2 aromatic carbocycles. The van der Waals surface area contributed by atoms with Crippen molar-refractivity contribution in [3.05, 3.63) is 58.9 Å². The van der Waals surface area contributed by atoms with Gasteiger partial charge in [0.05, 0.1) is 16.8 Å². The molecule has 0 bridgehead atoms. The van der Waals surface area contributed by atoms with Crippen LogP contribution in [0.4, 0.5) is 24.5 Å². The van der Waals surface area contributed by atoms with Crippen LogP contribution < -0.4 is 5.32 Å². The zero-order valence-electron chi connectivity index (χ0n) is 11.5. The molecular formula is C15H10F3N3OS. The smallest absolute Gasteiger partial charge is 0.409 e. The molecule has 2 N–H and O–H groups in total. The number of nitrogens with one attached hydrogen (secondary N) is 2. The van der Waals surface area contributed by atoms with E-state index in [-0.39, 0.29) is 4.84 Å². The number of para-hydroxylation sites is 1. The molecule has 0 atom stereocenters. The molecule has 0 aliphatic carbocycles. The zero-order valence-corrected chi connectivity index (χ0v) is 12.3.